The minimum absolute atomic E-state index is 1.05. The number of fused-ring (bicyclic) bond motifs is 1. The minimum atomic E-state index is 1.05. The van der Waals surface area contributed by atoms with Gasteiger partial charge in [-0.25, -0.2) is 0 Å². The van der Waals surface area contributed by atoms with Crippen molar-refractivity contribution >= 4 is 21.6 Å². The zero-order chi connectivity index (χ0) is 11.0. The van der Waals surface area contributed by atoms with Crippen LogP contribution in [0.5, 0.6) is 0 Å². The van der Waals surface area contributed by atoms with Gasteiger partial charge in [-0.15, -0.1) is 16.4 Å². The molecule has 0 radical (unpaired) electrons. The Morgan fingerprint density at radius 1 is 1.07 bits per heavy atom. The van der Waals surface area contributed by atoms with E-state index in [1.54, 1.807) is 0 Å². The van der Waals surface area contributed by atoms with Crippen molar-refractivity contribution in [1.82, 2.24) is 10.2 Å². The highest BCUT2D eigenvalue weighted by atomic mass is 32.1. The first-order valence-corrected chi connectivity index (χ1v) is 6.18. The number of aromatic nitrogens is 2. The van der Waals surface area contributed by atoms with Crippen LogP contribution in [0.3, 0.4) is 0 Å². The summed E-state index contributed by atoms with van der Waals surface area (Å²) in [5.41, 5.74) is 4.77. The third-order valence-electron chi connectivity index (χ3n) is 2.87. The maximum atomic E-state index is 4.30. The lowest BCUT2D eigenvalue weighted by Crippen LogP contribution is -1.91. The first-order chi connectivity index (χ1) is 7.15. The van der Waals surface area contributed by atoms with Crippen molar-refractivity contribution in [2.45, 2.75) is 40.5 Å². The average molecular weight is 220 g/mol. The second-order valence-corrected chi connectivity index (χ2v) is 5.09. The normalized spacial score (nSPS) is 11.2. The van der Waals surface area contributed by atoms with Gasteiger partial charge in [0.1, 0.15) is 5.52 Å². The molecule has 0 fully saturated rings. The summed E-state index contributed by atoms with van der Waals surface area (Å²) in [6, 6.07) is 0. The molecular formula is C12H16N2S. The highest BCUT2D eigenvalue weighted by molar-refractivity contribution is 7.19. The van der Waals surface area contributed by atoms with E-state index < -0.39 is 0 Å². The molecule has 3 heteroatoms. The van der Waals surface area contributed by atoms with Gasteiger partial charge in [0.2, 0.25) is 0 Å². The van der Waals surface area contributed by atoms with Crippen LogP contribution in [-0.2, 0) is 6.42 Å². The molecule has 2 nitrogen and oxygen atoms in total. The summed E-state index contributed by atoms with van der Waals surface area (Å²) in [4.78, 5) is 1.47. The molecule has 0 aliphatic carbocycles. The topological polar surface area (TPSA) is 25.8 Å². The second kappa shape index (κ2) is 3.89. The zero-order valence-electron chi connectivity index (χ0n) is 9.72. The molecule has 0 saturated carbocycles. The van der Waals surface area contributed by atoms with Crippen molar-refractivity contribution in [3.05, 3.63) is 21.7 Å². The van der Waals surface area contributed by atoms with Crippen molar-refractivity contribution in [2.24, 2.45) is 0 Å². The first kappa shape index (κ1) is 10.6. The van der Waals surface area contributed by atoms with Crippen molar-refractivity contribution < 1.29 is 0 Å². The average Bonchev–Trinajstić information content (AvgIpc) is 2.52. The summed E-state index contributed by atoms with van der Waals surface area (Å²) in [5.74, 6) is 0. The van der Waals surface area contributed by atoms with E-state index in [4.69, 9.17) is 0 Å². The molecule has 0 aliphatic heterocycles. The lowest BCUT2D eigenvalue weighted by molar-refractivity contribution is 0.931. The summed E-state index contributed by atoms with van der Waals surface area (Å²) >= 11 is 1.89. The summed E-state index contributed by atoms with van der Waals surface area (Å²) < 4.78 is 1.32. The Bertz CT molecular complexity index is 500. The van der Waals surface area contributed by atoms with Crippen molar-refractivity contribution in [3.8, 4) is 0 Å². The summed E-state index contributed by atoms with van der Waals surface area (Å²) in [7, 11) is 0. The fourth-order valence-electron chi connectivity index (χ4n) is 1.75. The summed E-state index contributed by atoms with van der Waals surface area (Å²) in [5, 5.41) is 8.50. The van der Waals surface area contributed by atoms with Gasteiger partial charge in [0.05, 0.1) is 10.4 Å². The molecule has 80 valence electrons. The molecule has 2 rings (SSSR count). The van der Waals surface area contributed by atoms with Crippen LogP contribution in [0.2, 0.25) is 0 Å². The Kier molecular flexibility index (Phi) is 2.74. The molecule has 0 spiro atoms. The molecule has 0 bridgehead atoms. The van der Waals surface area contributed by atoms with Gasteiger partial charge >= 0.3 is 0 Å². The first-order valence-electron chi connectivity index (χ1n) is 5.37. The van der Waals surface area contributed by atoms with E-state index in [9.17, 15) is 0 Å². The molecule has 0 N–H and O–H groups in total. The van der Waals surface area contributed by atoms with Gasteiger partial charge in [0.15, 0.2) is 0 Å². The fourth-order valence-corrected chi connectivity index (χ4v) is 3.15. The third kappa shape index (κ3) is 1.65. The van der Waals surface area contributed by atoms with Crippen LogP contribution in [0.1, 0.15) is 35.0 Å². The summed E-state index contributed by atoms with van der Waals surface area (Å²) in [6.07, 6.45) is 2.35. The predicted octanol–water partition coefficient (Wildman–Crippen LogP) is 3.57. The quantitative estimate of drug-likeness (QED) is 0.773. The number of rotatable bonds is 2. The number of thiophene rings is 1. The third-order valence-corrected chi connectivity index (χ3v) is 4.33. The van der Waals surface area contributed by atoms with E-state index in [1.807, 2.05) is 18.3 Å². The molecule has 0 amide bonds. The van der Waals surface area contributed by atoms with Crippen LogP contribution in [0.4, 0.5) is 0 Å². The summed E-state index contributed by atoms with van der Waals surface area (Å²) in [6.45, 7) is 8.54. The predicted molar refractivity (Wildman–Crippen MR) is 65.6 cm³/mol. The molecule has 2 heterocycles. The molecule has 2 aromatic heterocycles. The van der Waals surface area contributed by atoms with Crippen LogP contribution >= 0.6 is 11.3 Å². The Hall–Kier alpha value is -0.960. The Balaban J connectivity index is 2.70. The maximum Gasteiger partial charge on any atom is 0.107 e. The van der Waals surface area contributed by atoms with E-state index in [2.05, 4.69) is 31.0 Å². The molecule has 0 atom stereocenters. The van der Waals surface area contributed by atoms with Gasteiger partial charge in [-0.3, -0.25) is 0 Å². The molecule has 0 unspecified atom stereocenters. The molecular weight excluding hydrogens is 204 g/mol. The smallest absolute Gasteiger partial charge is 0.107 e. The lowest BCUT2D eigenvalue weighted by atomic mass is 10.1. The highest BCUT2D eigenvalue weighted by Gasteiger charge is 2.12. The van der Waals surface area contributed by atoms with E-state index in [-0.39, 0.29) is 0 Å². The minimum Gasteiger partial charge on any atom is -0.155 e. The lowest BCUT2D eigenvalue weighted by Gasteiger charge is -1.97. The van der Waals surface area contributed by atoms with Gasteiger partial charge in [0, 0.05) is 4.88 Å². The van der Waals surface area contributed by atoms with Crippen molar-refractivity contribution in [1.29, 1.82) is 0 Å². The molecule has 2 aromatic rings. The van der Waals surface area contributed by atoms with Gasteiger partial charge in [-0.05, 0) is 38.3 Å². The standard InChI is InChI=1S/C12H16N2S/c1-5-6-10-8(3)11-12(15-10)7(2)9(4)13-14-11/h5-6H2,1-4H3. The van der Waals surface area contributed by atoms with Crippen LogP contribution in [0.15, 0.2) is 0 Å². The molecule has 0 saturated heterocycles. The fraction of sp³-hybridized carbons (Fsp3) is 0.500. The van der Waals surface area contributed by atoms with Crippen LogP contribution < -0.4 is 0 Å². The van der Waals surface area contributed by atoms with E-state index in [0.29, 0.717) is 0 Å². The number of nitrogens with zero attached hydrogens (tertiary/aromatic N) is 2. The second-order valence-electron chi connectivity index (χ2n) is 3.99. The molecule has 15 heavy (non-hydrogen) atoms. The van der Waals surface area contributed by atoms with Crippen LogP contribution in [0, 0.1) is 20.8 Å². The largest absolute Gasteiger partial charge is 0.155 e. The van der Waals surface area contributed by atoms with Gasteiger partial charge in [-0.1, -0.05) is 13.3 Å². The maximum absolute atomic E-state index is 4.30. The number of hydrogen-bond acceptors (Lipinski definition) is 3. The zero-order valence-corrected chi connectivity index (χ0v) is 10.5. The van der Waals surface area contributed by atoms with Gasteiger partial charge in [-0.2, -0.15) is 5.10 Å². The van der Waals surface area contributed by atoms with E-state index >= 15 is 0 Å². The van der Waals surface area contributed by atoms with E-state index in [1.165, 1.54) is 27.1 Å². The molecule has 0 aliphatic rings. The number of aryl methyl sites for hydroxylation is 4. The van der Waals surface area contributed by atoms with Crippen molar-refractivity contribution in [3.63, 3.8) is 0 Å². The van der Waals surface area contributed by atoms with Crippen LogP contribution in [0.25, 0.3) is 10.2 Å². The Morgan fingerprint density at radius 2 is 1.80 bits per heavy atom. The van der Waals surface area contributed by atoms with Crippen LogP contribution in [-0.4, -0.2) is 10.2 Å². The Morgan fingerprint density at radius 3 is 2.47 bits per heavy atom. The molecule has 0 aromatic carbocycles. The van der Waals surface area contributed by atoms with Gasteiger partial charge < -0.3 is 0 Å². The van der Waals surface area contributed by atoms with Crippen molar-refractivity contribution in [2.75, 3.05) is 0 Å². The monoisotopic (exact) mass is 220 g/mol. The Labute approximate surface area is 94.4 Å². The van der Waals surface area contributed by atoms with Gasteiger partial charge in [0.25, 0.3) is 0 Å². The van der Waals surface area contributed by atoms with E-state index in [0.717, 1.165) is 17.6 Å². The number of hydrogen-bond donors (Lipinski definition) is 0. The highest BCUT2D eigenvalue weighted by Crippen LogP contribution is 2.32. The SMILES string of the molecule is CCCc1sc2c(C)c(C)nnc2c1C.